The summed E-state index contributed by atoms with van der Waals surface area (Å²) >= 11 is 0. The van der Waals surface area contributed by atoms with Crippen molar-refractivity contribution in [3.63, 3.8) is 0 Å². The van der Waals surface area contributed by atoms with Crippen molar-refractivity contribution in [1.29, 1.82) is 5.26 Å². The Morgan fingerprint density at radius 2 is 1.77 bits per heavy atom. The van der Waals surface area contributed by atoms with Crippen LogP contribution in [0.3, 0.4) is 0 Å². The average Bonchev–Trinajstić information content (AvgIpc) is 2.82. The highest BCUT2D eigenvalue weighted by Gasteiger charge is 2.43. The fourth-order valence-electron chi connectivity index (χ4n) is 4.80. The summed E-state index contributed by atoms with van der Waals surface area (Å²) < 4.78 is 10.8. The molecule has 1 heterocycles. The third kappa shape index (κ3) is 5.83. The van der Waals surface area contributed by atoms with Crippen LogP contribution in [0, 0.1) is 11.3 Å². The summed E-state index contributed by atoms with van der Waals surface area (Å²) in [5.41, 5.74) is 4.25. The zero-order chi connectivity index (χ0) is 25.1. The summed E-state index contributed by atoms with van der Waals surface area (Å²) in [6.07, 6.45) is 2.30. The molecule has 1 fully saturated rings. The molecule has 1 atom stereocenters. The average molecular weight is 476 g/mol. The first-order valence-corrected chi connectivity index (χ1v) is 12.2. The van der Waals surface area contributed by atoms with Gasteiger partial charge < -0.3 is 20.1 Å². The molecule has 2 amide bonds. The van der Waals surface area contributed by atoms with Gasteiger partial charge in [-0.15, -0.1) is 0 Å². The number of amides is 2. The van der Waals surface area contributed by atoms with E-state index in [0.29, 0.717) is 32.5 Å². The molecule has 0 spiro atoms. The first kappa shape index (κ1) is 24.7. The van der Waals surface area contributed by atoms with Crippen molar-refractivity contribution in [2.45, 2.75) is 70.1 Å². The van der Waals surface area contributed by atoms with Crippen LogP contribution in [-0.2, 0) is 33.5 Å². The smallest absolute Gasteiger partial charge is 0.408 e. The quantitative estimate of drug-likeness (QED) is 0.679. The summed E-state index contributed by atoms with van der Waals surface area (Å²) in [4.78, 5) is 25.9. The maximum atomic E-state index is 13.4. The second-order valence-electron chi connectivity index (χ2n) is 10.3. The summed E-state index contributed by atoms with van der Waals surface area (Å²) in [5.74, 6) is -0.384. The van der Waals surface area contributed by atoms with Gasteiger partial charge in [-0.2, -0.15) is 5.26 Å². The van der Waals surface area contributed by atoms with Crippen molar-refractivity contribution >= 4 is 12.0 Å². The Morgan fingerprint density at radius 3 is 2.49 bits per heavy atom. The molecule has 4 rings (SSSR count). The minimum atomic E-state index is -1.17. The third-order valence-corrected chi connectivity index (χ3v) is 6.56. The van der Waals surface area contributed by atoms with Crippen molar-refractivity contribution in [3.8, 4) is 17.2 Å². The summed E-state index contributed by atoms with van der Waals surface area (Å²) in [6, 6.07) is 16.2. The molecule has 0 aromatic heterocycles. The van der Waals surface area contributed by atoms with E-state index in [2.05, 4.69) is 53.1 Å². The van der Waals surface area contributed by atoms with E-state index in [1.807, 2.05) is 6.07 Å². The third-order valence-electron chi connectivity index (χ3n) is 6.56. The Hall–Kier alpha value is -3.37. The fourth-order valence-corrected chi connectivity index (χ4v) is 4.80. The Balaban J connectivity index is 1.47. The second-order valence-corrected chi connectivity index (χ2v) is 10.3. The number of fused-ring (bicyclic) bond motifs is 3. The first-order valence-electron chi connectivity index (χ1n) is 12.2. The van der Waals surface area contributed by atoms with E-state index in [-0.39, 0.29) is 5.91 Å². The maximum absolute atomic E-state index is 13.4. The van der Waals surface area contributed by atoms with E-state index in [9.17, 15) is 14.9 Å². The van der Waals surface area contributed by atoms with Crippen molar-refractivity contribution < 1.29 is 19.1 Å². The molecule has 1 unspecified atom stereocenters. The van der Waals surface area contributed by atoms with Crippen molar-refractivity contribution in [2.24, 2.45) is 0 Å². The number of ether oxygens (including phenoxy) is 2. The Bertz CT molecular complexity index is 1140. The second kappa shape index (κ2) is 10.1. The molecule has 184 valence electrons. The molecule has 1 aliphatic carbocycles. The van der Waals surface area contributed by atoms with E-state index >= 15 is 0 Å². The molecule has 0 radical (unpaired) electrons. The number of nitrogens with zero attached hydrogens (tertiary/aromatic N) is 1. The number of carbonyl (C=O) groups excluding carboxylic acids is 2. The normalized spacial score (nSPS) is 17.2. The van der Waals surface area contributed by atoms with Gasteiger partial charge in [-0.3, -0.25) is 4.79 Å². The fraction of sp³-hybridized carbons (Fsp3) is 0.464. The lowest BCUT2D eigenvalue weighted by Crippen LogP contribution is -2.63. The summed E-state index contributed by atoms with van der Waals surface area (Å²) in [7, 11) is 0. The Kier molecular flexibility index (Phi) is 7.13. The highest BCUT2D eigenvalue weighted by atomic mass is 16.6. The van der Waals surface area contributed by atoms with E-state index in [0.717, 1.165) is 18.4 Å². The van der Waals surface area contributed by atoms with Crippen LogP contribution >= 0.6 is 0 Å². The number of alkyl carbamates (subject to hydrolysis) is 1. The molecule has 0 saturated carbocycles. The van der Waals surface area contributed by atoms with Crippen molar-refractivity contribution in [3.05, 3.63) is 59.2 Å². The highest BCUT2D eigenvalue weighted by molar-refractivity contribution is 5.90. The molecule has 2 N–H and O–H groups in total. The predicted octanol–water partition coefficient (Wildman–Crippen LogP) is 4.08. The van der Waals surface area contributed by atoms with Gasteiger partial charge in [0.2, 0.25) is 5.91 Å². The first-order chi connectivity index (χ1) is 16.7. The van der Waals surface area contributed by atoms with Crippen LogP contribution in [0.25, 0.3) is 11.1 Å². The molecular formula is C28H33N3O4. The molecule has 2 aromatic carbocycles. The minimum Gasteiger partial charge on any atom is -0.444 e. The lowest BCUT2D eigenvalue weighted by Gasteiger charge is -2.37. The van der Waals surface area contributed by atoms with Gasteiger partial charge in [0.15, 0.2) is 0 Å². The van der Waals surface area contributed by atoms with Crippen molar-refractivity contribution in [2.75, 3.05) is 13.2 Å². The van der Waals surface area contributed by atoms with E-state index in [1.54, 1.807) is 20.8 Å². The van der Waals surface area contributed by atoms with Gasteiger partial charge in [0.25, 0.3) is 0 Å². The number of rotatable bonds is 5. The number of hydrogen-bond acceptors (Lipinski definition) is 5. The monoisotopic (exact) mass is 475 g/mol. The molecular weight excluding hydrogens is 442 g/mol. The lowest BCUT2D eigenvalue weighted by atomic mass is 9.84. The molecule has 7 heteroatoms. The molecule has 1 aliphatic heterocycles. The van der Waals surface area contributed by atoms with Crippen LogP contribution in [0.2, 0.25) is 0 Å². The topological polar surface area (TPSA) is 100 Å². The highest BCUT2D eigenvalue weighted by Crippen LogP contribution is 2.34. The van der Waals surface area contributed by atoms with Gasteiger partial charge in [-0.25, -0.2) is 4.79 Å². The molecule has 2 aliphatic rings. The Morgan fingerprint density at radius 1 is 1.09 bits per heavy atom. The summed E-state index contributed by atoms with van der Waals surface area (Å²) in [5, 5.41) is 15.5. The zero-order valence-corrected chi connectivity index (χ0v) is 20.6. The number of carbonyl (C=O) groups is 2. The van der Waals surface area contributed by atoms with Crippen LogP contribution < -0.4 is 10.6 Å². The number of benzene rings is 2. The molecule has 1 saturated heterocycles. The number of nitrogens with one attached hydrogen (secondary N) is 2. The standard InChI is InChI=1S/C28H33N3O4/c1-27(2,3)35-26(33)31-28(12-14-34-15-13-28)25(32)30-22(18-29)17-19-8-11-24-21(16-19)10-9-20-6-4-5-7-23(20)24/h4-8,11,16,22H,9-10,12-15,17H2,1-3H3,(H,30,32)(H,31,33). The van der Waals surface area contributed by atoms with E-state index in [1.165, 1.54) is 22.3 Å². The lowest BCUT2D eigenvalue weighted by molar-refractivity contribution is -0.132. The van der Waals surface area contributed by atoms with E-state index in [4.69, 9.17) is 9.47 Å². The van der Waals surface area contributed by atoms with Gasteiger partial charge in [0, 0.05) is 32.5 Å². The van der Waals surface area contributed by atoms with Gasteiger partial charge >= 0.3 is 6.09 Å². The van der Waals surface area contributed by atoms with Gasteiger partial charge in [0.05, 0.1) is 6.07 Å². The number of nitriles is 1. The summed E-state index contributed by atoms with van der Waals surface area (Å²) in [6.45, 7) is 5.99. The number of hydrogen-bond donors (Lipinski definition) is 2. The maximum Gasteiger partial charge on any atom is 0.408 e. The van der Waals surface area contributed by atoms with Gasteiger partial charge in [-0.1, -0.05) is 42.5 Å². The van der Waals surface area contributed by atoms with Crippen LogP contribution in [0.15, 0.2) is 42.5 Å². The molecule has 7 nitrogen and oxygen atoms in total. The largest absolute Gasteiger partial charge is 0.444 e. The minimum absolute atomic E-state index is 0.314. The van der Waals surface area contributed by atoms with Crippen LogP contribution in [-0.4, -0.2) is 42.4 Å². The van der Waals surface area contributed by atoms with Crippen LogP contribution in [0.5, 0.6) is 0 Å². The Labute approximate surface area is 206 Å². The zero-order valence-electron chi connectivity index (χ0n) is 20.6. The van der Waals surface area contributed by atoms with Crippen LogP contribution in [0.4, 0.5) is 4.79 Å². The number of aryl methyl sites for hydroxylation is 2. The molecule has 0 bridgehead atoms. The van der Waals surface area contributed by atoms with Crippen molar-refractivity contribution in [1.82, 2.24) is 10.6 Å². The molecule has 2 aromatic rings. The molecule has 35 heavy (non-hydrogen) atoms. The predicted molar refractivity (Wildman–Crippen MR) is 133 cm³/mol. The van der Waals surface area contributed by atoms with Gasteiger partial charge in [0.1, 0.15) is 17.2 Å². The van der Waals surface area contributed by atoms with Crippen LogP contribution in [0.1, 0.15) is 50.3 Å². The van der Waals surface area contributed by atoms with Gasteiger partial charge in [-0.05, 0) is 61.4 Å². The SMILES string of the molecule is CC(C)(C)OC(=O)NC1(C(=O)NC(C#N)Cc2ccc3c(c2)CCc2ccccc2-3)CCOCC1. The van der Waals surface area contributed by atoms with E-state index < -0.39 is 23.3 Å².